The number of hydrogen-bond donors (Lipinski definition) is 1. The second-order valence-electron chi connectivity index (χ2n) is 6.42. The smallest absolute Gasteiger partial charge is 0.346 e. The molecule has 0 fully saturated rings. The van der Waals surface area contributed by atoms with Gasteiger partial charge in [0.15, 0.2) is 5.56 Å². The molecular weight excluding hydrogens is 382 g/mol. The van der Waals surface area contributed by atoms with Crippen molar-refractivity contribution in [3.05, 3.63) is 34.9 Å². The largest absolute Gasteiger partial charge is 0.462 e. The van der Waals surface area contributed by atoms with Crippen LogP contribution in [0.4, 0.5) is 5.88 Å². The highest BCUT2D eigenvalue weighted by Crippen LogP contribution is 2.30. The molecule has 0 radical (unpaired) electrons. The predicted molar refractivity (Wildman–Crippen MR) is 109 cm³/mol. The molecule has 0 aliphatic rings. The van der Waals surface area contributed by atoms with Crippen molar-refractivity contribution in [1.82, 2.24) is 10.1 Å². The molecule has 0 saturated heterocycles. The average molecular weight is 408 g/mol. The quantitative estimate of drug-likeness (QED) is 0.593. The summed E-state index contributed by atoms with van der Waals surface area (Å²) in [5.74, 6) is -0.874. The number of aromatic nitrogens is 1. The van der Waals surface area contributed by atoms with Crippen molar-refractivity contribution in [3.8, 4) is 11.3 Å². The molecular formula is C20H26ClN3O4. The molecule has 2 rings (SSSR count). The van der Waals surface area contributed by atoms with E-state index in [9.17, 15) is 9.59 Å². The summed E-state index contributed by atoms with van der Waals surface area (Å²) in [6, 6.07) is 6.81. The Labute approximate surface area is 170 Å². The SMILES string of the molecule is CCCCN(C)CCC(=O)Nc1onc(-c2ccc(Cl)cc2)c1C(=O)OCC. The molecule has 8 heteroatoms. The lowest BCUT2D eigenvalue weighted by molar-refractivity contribution is -0.116. The van der Waals surface area contributed by atoms with E-state index in [-0.39, 0.29) is 30.4 Å². The van der Waals surface area contributed by atoms with Gasteiger partial charge in [0.05, 0.1) is 6.61 Å². The molecule has 1 N–H and O–H groups in total. The van der Waals surface area contributed by atoms with Gasteiger partial charge < -0.3 is 14.2 Å². The standard InChI is InChI=1S/C20H26ClN3O4/c1-4-6-12-24(3)13-11-16(25)22-19-17(20(26)27-5-2)18(23-28-19)14-7-9-15(21)10-8-14/h7-10H,4-6,11-13H2,1-3H3,(H,22,25). The van der Waals surface area contributed by atoms with Crippen LogP contribution >= 0.6 is 11.6 Å². The third-order valence-corrected chi connectivity index (χ3v) is 4.41. The van der Waals surface area contributed by atoms with Crippen LogP contribution in [0.3, 0.4) is 0 Å². The van der Waals surface area contributed by atoms with Crippen molar-refractivity contribution in [2.45, 2.75) is 33.1 Å². The normalized spacial score (nSPS) is 10.9. The maximum absolute atomic E-state index is 12.4. The number of halogens is 1. The van der Waals surface area contributed by atoms with Crippen LogP contribution in [0.1, 0.15) is 43.5 Å². The molecule has 0 bridgehead atoms. The maximum atomic E-state index is 12.4. The molecule has 1 aromatic heterocycles. The van der Waals surface area contributed by atoms with Crippen LogP contribution in [0, 0.1) is 0 Å². The van der Waals surface area contributed by atoms with E-state index in [4.69, 9.17) is 20.9 Å². The minimum absolute atomic E-state index is 0.00962. The first-order valence-electron chi connectivity index (χ1n) is 9.37. The summed E-state index contributed by atoms with van der Waals surface area (Å²) in [6.45, 7) is 5.57. The highest BCUT2D eigenvalue weighted by molar-refractivity contribution is 6.30. The fourth-order valence-electron chi connectivity index (χ4n) is 2.59. The lowest BCUT2D eigenvalue weighted by atomic mass is 10.1. The van der Waals surface area contributed by atoms with E-state index < -0.39 is 5.97 Å². The summed E-state index contributed by atoms with van der Waals surface area (Å²) in [6.07, 6.45) is 2.46. The van der Waals surface area contributed by atoms with Gasteiger partial charge in [0.2, 0.25) is 11.8 Å². The predicted octanol–water partition coefficient (Wildman–Crippen LogP) is 4.23. The lowest BCUT2D eigenvalue weighted by Gasteiger charge is -2.15. The average Bonchev–Trinajstić information content (AvgIpc) is 3.09. The number of rotatable bonds is 10. The van der Waals surface area contributed by atoms with Crippen LogP contribution in [-0.2, 0) is 9.53 Å². The molecule has 0 aliphatic carbocycles. The maximum Gasteiger partial charge on any atom is 0.346 e. The van der Waals surface area contributed by atoms with Crippen LogP contribution in [-0.4, -0.2) is 48.7 Å². The second-order valence-corrected chi connectivity index (χ2v) is 6.85. The van der Waals surface area contributed by atoms with Crippen LogP contribution in [0.5, 0.6) is 0 Å². The van der Waals surface area contributed by atoms with Crippen molar-refractivity contribution in [2.24, 2.45) is 0 Å². The van der Waals surface area contributed by atoms with Crippen molar-refractivity contribution >= 4 is 29.4 Å². The molecule has 0 atom stereocenters. The van der Waals surface area contributed by atoms with Gasteiger partial charge in [-0.25, -0.2) is 4.79 Å². The highest BCUT2D eigenvalue weighted by Gasteiger charge is 2.26. The Balaban J connectivity index is 2.16. The van der Waals surface area contributed by atoms with Crippen LogP contribution < -0.4 is 5.32 Å². The number of nitrogens with one attached hydrogen (secondary N) is 1. The van der Waals surface area contributed by atoms with Crippen molar-refractivity contribution in [1.29, 1.82) is 0 Å². The van der Waals surface area contributed by atoms with Gasteiger partial charge in [-0.05, 0) is 39.1 Å². The number of unbranched alkanes of at least 4 members (excludes halogenated alkanes) is 1. The summed E-state index contributed by atoms with van der Waals surface area (Å²) in [5, 5.41) is 7.17. The molecule has 1 heterocycles. The summed E-state index contributed by atoms with van der Waals surface area (Å²) in [7, 11) is 1.97. The van der Waals surface area contributed by atoms with Gasteiger partial charge in [-0.3, -0.25) is 10.1 Å². The van der Waals surface area contributed by atoms with Gasteiger partial charge in [0.25, 0.3) is 0 Å². The van der Waals surface area contributed by atoms with E-state index in [2.05, 4.69) is 22.3 Å². The minimum atomic E-state index is -0.607. The second kappa shape index (κ2) is 10.8. The number of benzene rings is 1. The van der Waals surface area contributed by atoms with Crippen LogP contribution in [0.15, 0.2) is 28.8 Å². The summed E-state index contributed by atoms with van der Waals surface area (Å²) in [5.41, 5.74) is 1.03. The molecule has 0 saturated carbocycles. The van der Waals surface area contributed by atoms with E-state index in [1.165, 1.54) is 0 Å². The highest BCUT2D eigenvalue weighted by atomic mass is 35.5. The summed E-state index contributed by atoms with van der Waals surface area (Å²) >= 11 is 5.92. The number of carbonyl (C=O) groups excluding carboxylic acids is 2. The first-order valence-corrected chi connectivity index (χ1v) is 9.75. The zero-order chi connectivity index (χ0) is 20.5. The number of esters is 1. The number of ether oxygens (including phenoxy) is 1. The number of anilines is 1. The Morgan fingerprint density at radius 2 is 1.93 bits per heavy atom. The molecule has 7 nitrogen and oxygen atoms in total. The first kappa shape index (κ1) is 21.9. The van der Waals surface area contributed by atoms with Crippen LogP contribution in [0.25, 0.3) is 11.3 Å². The Morgan fingerprint density at radius 3 is 2.57 bits per heavy atom. The first-order chi connectivity index (χ1) is 13.5. The molecule has 0 unspecified atom stereocenters. The molecule has 1 amide bonds. The summed E-state index contributed by atoms with van der Waals surface area (Å²) < 4.78 is 10.4. The Kier molecular flexibility index (Phi) is 8.47. The monoisotopic (exact) mass is 407 g/mol. The van der Waals surface area contributed by atoms with Gasteiger partial charge in [0.1, 0.15) is 5.69 Å². The molecule has 0 spiro atoms. The fourth-order valence-corrected chi connectivity index (χ4v) is 2.72. The van der Waals surface area contributed by atoms with Gasteiger partial charge in [-0.15, -0.1) is 0 Å². The molecule has 1 aromatic carbocycles. The topological polar surface area (TPSA) is 84.7 Å². The Hall–Kier alpha value is -2.38. The molecule has 0 aliphatic heterocycles. The van der Waals surface area contributed by atoms with E-state index in [1.807, 2.05) is 7.05 Å². The van der Waals surface area contributed by atoms with Gasteiger partial charge >= 0.3 is 5.97 Å². The van der Waals surface area contributed by atoms with Gasteiger partial charge in [-0.1, -0.05) is 42.2 Å². The number of nitrogens with zero attached hydrogens (tertiary/aromatic N) is 2. The van der Waals surface area contributed by atoms with E-state index in [0.717, 1.165) is 19.4 Å². The third kappa shape index (κ3) is 6.07. The lowest BCUT2D eigenvalue weighted by Crippen LogP contribution is -2.25. The van der Waals surface area contributed by atoms with Crippen LogP contribution in [0.2, 0.25) is 5.02 Å². The fraction of sp³-hybridized carbons (Fsp3) is 0.450. The van der Waals surface area contributed by atoms with E-state index in [0.29, 0.717) is 22.8 Å². The zero-order valence-electron chi connectivity index (χ0n) is 16.5. The Bertz CT molecular complexity index is 789. The molecule has 2 aromatic rings. The van der Waals surface area contributed by atoms with Gasteiger partial charge in [-0.2, -0.15) is 0 Å². The van der Waals surface area contributed by atoms with Crippen molar-refractivity contribution in [3.63, 3.8) is 0 Å². The van der Waals surface area contributed by atoms with Crippen molar-refractivity contribution in [2.75, 3.05) is 32.1 Å². The number of hydrogen-bond acceptors (Lipinski definition) is 6. The third-order valence-electron chi connectivity index (χ3n) is 4.16. The van der Waals surface area contributed by atoms with E-state index in [1.54, 1.807) is 31.2 Å². The van der Waals surface area contributed by atoms with E-state index >= 15 is 0 Å². The summed E-state index contributed by atoms with van der Waals surface area (Å²) in [4.78, 5) is 26.9. The molecule has 28 heavy (non-hydrogen) atoms. The van der Waals surface area contributed by atoms with Crippen molar-refractivity contribution < 1.29 is 18.8 Å². The zero-order valence-corrected chi connectivity index (χ0v) is 17.2. The van der Waals surface area contributed by atoms with Gasteiger partial charge in [0, 0.05) is 23.6 Å². The number of carbonyl (C=O) groups is 2. The number of amides is 1. The minimum Gasteiger partial charge on any atom is -0.462 e. The Morgan fingerprint density at radius 1 is 1.21 bits per heavy atom. The molecule has 152 valence electrons.